The summed E-state index contributed by atoms with van der Waals surface area (Å²) in [6.45, 7) is 1.79. The lowest BCUT2D eigenvalue weighted by atomic mass is 10.2. The van der Waals surface area contributed by atoms with Gasteiger partial charge in [0.15, 0.2) is 11.5 Å². The molecule has 0 aliphatic carbocycles. The van der Waals surface area contributed by atoms with Gasteiger partial charge in [0.2, 0.25) is 0 Å². The number of halogens is 2. The van der Waals surface area contributed by atoms with Gasteiger partial charge in [-0.15, -0.1) is 0 Å². The molecule has 3 aromatic heterocycles. The zero-order chi connectivity index (χ0) is 22.2. The van der Waals surface area contributed by atoms with Gasteiger partial charge in [-0.05, 0) is 43.3 Å². The first-order valence-electron chi connectivity index (χ1n) is 9.58. The molecule has 32 heavy (non-hydrogen) atoms. The molecule has 5 aromatic rings. The fourth-order valence-electron chi connectivity index (χ4n) is 3.37. The highest BCUT2D eigenvalue weighted by Crippen LogP contribution is 2.25. The van der Waals surface area contributed by atoms with Gasteiger partial charge in [0, 0.05) is 16.7 Å². The Hall–Kier alpha value is -4.11. The standard InChI is InChI=1S/C22H15ClFN7O/c1-13-8-19(28-22(32)14-4-2-6-16(24)9-14)31(29-13)21-18-11-27-30(20(18)25-12-26-21)17-7-3-5-15(23)10-17/h2-12H,1H3,(H,28,32). The molecule has 0 saturated carbocycles. The molecule has 3 heterocycles. The molecule has 158 valence electrons. The minimum Gasteiger partial charge on any atom is -0.306 e. The van der Waals surface area contributed by atoms with E-state index < -0.39 is 11.7 Å². The van der Waals surface area contributed by atoms with Gasteiger partial charge in [0.05, 0.1) is 23.0 Å². The number of nitrogens with one attached hydrogen (secondary N) is 1. The van der Waals surface area contributed by atoms with Gasteiger partial charge in [0.25, 0.3) is 5.91 Å². The first-order chi connectivity index (χ1) is 15.5. The van der Waals surface area contributed by atoms with E-state index in [0.29, 0.717) is 33.4 Å². The topological polar surface area (TPSA) is 90.5 Å². The Morgan fingerprint density at radius 1 is 1.06 bits per heavy atom. The normalized spacial score (nSPS) is 11.1. The second-order valence-electron chi connectivity index (χ2n) is 7.02. The largest absolute Gasteiger partial charge is 0.306 e. The molecule has 5 rings (SSSR count). The Morgan fingerprint density at radius 2 is 1.91 bits per heavy atom. The van der Waals surface area contributed by atoms with E-state index in [1.807, 2.05) is 12.1 Å². The molecule has 1 N–H and O–H groups in total. The van der Waals surface area contributed by atoms with Crippen LogP contribution < -0.4 is 5.32 Å². The highest BCUT2D eigenvalue weighted by molar-refractivity contribution is 6.30. The van der Waals surface area contributed by atoms with Crippen molar-refractivity contribution in [1.82, 2.24) is 29.5 Å². The Balaban J connectivity index is 1.57. The summed E-state index contributed by atoms with van der Waals surface area (Å²) in [7, 11) is 0. The molecule has 0 spiro atoms. The molecule has 0 bridgehead atoms. The van der Waals surface area contributed by atoms with Crippen molar-refractivity contribution in [2.75, 3.05) is 5.32 Å². The van der Waals surface area contributed by atoms with Crippen LogP contribution >= 0.6 is 11.6 Å². The molecule has 2 aromatic carbocycles. The van der Waals surface area contributed by atoms with Gasteiger partial charge in [-0.25, -0.2) is 19.0 Å². The highest BCUT2D eigenvalue weighted by Gasteiger charge is 2.18. The number of amides is 1. The van der Waals surface area contributed by atoms with E-state index >= 15 is 0 Å². The summed E-state index contributed by atoms with van der Waals surface area (Å²) in [5.41, 5.74) is 2.15. The predicted octanol–water partition coefficient (Wildman–Crippen LogP) is 4.35. The number of hydrogen-bond donors (Lipinski definition) is 1. The quantitative estimate of drug-likeness (QED) is 0.442. The Bertz CT molecular complexity index is 1480. The van der Waals surface area contributed by atoms with E-state index in [1.54, 1.807) is 36.0 Å². The number of hydrogen-bond acceptors (Lipinski definition) is 5. The van der Waals surface area contributed by atoms with Crippen LogP contribution in [0.3, 0.4) is 0 Å². The maximum atomic E-state index is 13.5. The average Bonchev–Trinajstić information content (AvgIpc) is 3.37. The van der Waals surface area contributed by atoms with Gasteiger partial charge in [-0.3, -0.25) is 4.79 Å². The Morgan fingerprint density at radius 3 is 2.72 bits per heavy atom. The zero-order valence-electron chi connectivity index (χ0n) is 16.7. The minimum atomic E-state index is -0.492. The third kappa shape index (κ3) is 3.58. The Labute approximate surface area is 186 Å². The van der Waals surface area contributed by atoms with Crippen LogP contribution in [0.5, 0.6) is 0 Å². The van der Waals surface area contributed by atoms with Gasteiger partial charge in [0.1, 0.15) is 18.0 Å². The first kappa shape index (κ1) is 19.8. The maximum absolute atomic E-state index is 13.5. The SMILES string of the molecule is Cc1cc(NC(=O)c2cccc(F)c2)n(-c2ncnc3c2cnn3-c2cccc(Cl)c2)n1. The number of aromatic nitrogens is 6. The Kier molecular flexibility index (Phi) is 4.87. The molecule has 0 unspecified atom stereocenters. The maximum Gasteiger partial charge on any atom is 0.256 e. The number of fused-ring (bicyclic) bond motifs is 1. The van der Waals surface area contributed by atoms with Crippen molar-refractivity contribution in [3.05, 3.63) is 89.2 Å². The van der Waals surface area contributed by atoms with Crippen molar-refractivity contribution in [2.24, 2.45) is 0 Å². The minimum absolute atomic E-state index is 0.192. The predicted molar refractivity (Wildman–Crippen MR) is 118 cm³/mol. The fourth-order valence-corrected chi connectivity index (χ4v) is 3.55. The lowest BCUT2D eigenvalue weighted by Crippen LogP contribution is -2.16. The van der Waals surface area contributed by atoms with Gasteiger partial charge >= 0.3 is 0 Å². The smallest absolute Gasteiger partial charge is 0.256 e. The van der Waals surface area contributed by atoms with Crippen molar-refractivity contribution in [2.45, 2.75) is 6.92 Å². The molecule has 10 heteroatoms. The van der Waals surface area contributed by atoms with E-state index in [2.05, 4.69) is 25.5 Å². The summed E-state index contributed by atoms with van der Waals surface area (Å²) < 4.78 is 16.7. The van der Waals surface area contributed by atoms with Crippen LogP contribution in [0.2, 0.25) is 5.02 Å². The summed E-state index contributed by atoms with van der Waals surface area (Å²) in [6.07, 6.45) is 3.02. The van der Waals surface area contributed by atoms with Gasteiger partial charge in [-0.2, -0.15) is 14.9 Å². The van der Waals surface area contributed by atoms with Crippen molar-refractivity contribution >= 4 is 34.4 Å². The van der Waals surface area contributed by atoms with Crippen LogP contribution in [0.15, 0.2) is 67.1 Å². The molecule has 0 aliphatic heterocycles. The monoisotopic (exact) mass is 447 g/mol. The molecular weight excluding hydrogens is 433 g/mol. The molecular formula is C22H15ClFN7O. The van der Waals surface area contributed by atoms with Crippen LogP contribution in [0.4, 0.5) is 10.2 Å². The highest BCUT2D eigenvalue weighted by atomic mass is 35.5. The molecule has 0 radical (unpaired) electrons. The number of rotatable bonds is 4. The number of carbonyl (C=O) groups excluding carboxylic acids is 1. The number of benzene rings is 2. The molecule has 0 saturated heterocycles. The second-order valence-corrected chi connectivity index (χ2v) is 7.45. The third-order valence-electron chi connectivity index (χ3n) is 4.76. The summed E-state index contributed by atoms with van der Waals surface area (Å²) >= 11 is 6.12. The number of aryl methyl sites for hydroxylation is 1. The van der Waals surface area contributed by atoms with Crippen molar-refractivity contribution in [3.63, 3.8) is 0 Å². The van der Waals surface area contributed by atoms with Crippen LogP contribution in [0.1, 0.15) is 16.1 Å². The summed E-state index contributed by atoms with van der Waals surface area (Å²) in [6, 6.07) is 14.4. The van der Waals surface area contributed by atoms with Crippen molar-refractivity contribution in [1.29, 1.82) is 0 Å². The molecule has 0 aliphatic rings. The number of nitrogens with zero attached hydrogens (tertiary/aromatic N) is 6. The van der Waals surface area contributed by atoms with Crippen molar-refractivity contribution < 1.29 is 9.18 Å². The molecule has 1 amide bonds. The van der Waals surface area contributed by atoms with Gasteiger partial charge in [-0.1, -0.05) is 23.7 Å². The summed E-state index contributed by atoms with van der Waals surface area (Å²) in [4.78, 5) is 21.4. The second kappa shape index (κ2) is 7.86. The van der Waals surface area contributed by atoms with Crippen LogP contribution in [-0.4, -0.2) is 35.4 Å². The summed E-state index contributed by atoms with van der Waals surface area (Å²) in [5.74, 6) is -0.142. The third-order valence-corrected chi connectivity index (χ3v) is 4.99. The molecule has 0 atom stereocenters. The van der Waals surface area contributed by atoms with E-state index in [1.165, 1.54) is 35.3 Å². The van der Waals surface area contributed by atoms with E-state index in [0.717, 1.165) is 5.69 Å². The average molecular weight is 448 g/mol. The van der Waals surface area contributed by atoms with E-state index in [9.17, 15) is 9.18 Å². The van der Waals surface area contributed by atoms with Gasteiger partial charge < -0.3 is 5.32 Å². The lowest BCUT2D eigenvalue weighted by Gasteiger charge is -2.09. The molecule has 0 fully saturated rings. The van der Waals surface area contributed by atoms with Crippen LogP contribution in [-0.2, 0) is 0 Å². The van der Waals surface area contributed by atoms with Crippen molar-refractivity contribution in [3.8, 4) is 11.5 Å². The number of anilines is 1. The molecule has 8 nitrogen and oxygen atoms in total. The number of carbonyl (C=O) groups is 1. The summed E-state index contributed by atoms with van der Waals surface area (Å²) in [5, 5.41) is 12.9. The zero-order valence-corrected chi connectivity index (χ0v) is 17.5. The first-order valence-corrected chi connectivity index (χ1v) is 9.96. The van der Waals surface area contributed by atoms with E-state index in [4.69, 9.17) is 11.6 Å². The van der Waals surface area contributed by atoms with Crippen LogP contribution in [0.25, 0.3) is 22.5 Å². The van der Waals surface area contributed by atoms with Crippen LogP contribution in [0, 0.1) is 12.7 Å². The lowest BCUT2D eigenvalue weighted by molar-refractivity contribution is 0.102. The fraction of sp³-hybridized carbons (Fsp3) is 0.0455. The van der Waals surface area contributed by atoms with E-state index in [-0.39, 0.29) is 5.56 Å².